The van der Waals surface area contributed by atoms with Crippen LogP contribution in [0.1, 0.15) is 20.8 Å². The third-order valence-electron chi connectivity index (χ3n) is 1.18. The molecule has 0 saturated heterocycles. The van der Waals surface area contributed by atoms with Gasteiger partial charge in [-0.15, -0.1) is 23.5 Å². The Hall–Kier alpha value is 0.870. The summed E-state index contributed by atoms with van der Waals surface area (Å²) in [5, 5.41) is 9.02. The second-order valence-electron chi connectivity index (χ2n) is 2.69. The number of carboxylic acids is 1. The van der Waals surface area contributed by atoms with Crippen molar-refractivity contribution < 1.29 is 9.90 Å². The number of aliphatic carboxylic acids is 1. The molecule has 0 fully saturated rings. The molecule has 0 spiro atoms. The van der Waals surface area contributed by atoms with Crippen LogP contribution in [-0.4, -0.2) is 24.3 Å². The normalized spacial score (nSPS) is 20.4. The first-order valence-corrected chi connectivity index (χ1v) is 6.52. The van der Waals surface area contributed by atoms with Crippen LogP contribution in [0.2, 0.25) is 0 Å². The van der Waals surface area contributed by atoms with Crippen LogP contribution in [0.25, 0.3) is 0 Å². The number of hydrogen-bond acceptors (Lipinski definition) is 5. The summed E-state index contributed by atoms with van der Waals surface area (Å²) in [7, 11) is 0. The Morgan fingerprint density at radius 2 is 1.62 bits per heavy atom. The van der Waals surface area contributed by atoms with Crippen molar-refractivity contribution in [3.63, 3.8) is 0 Å². The minimum absolute atomic E-state index is 0.000633. The minimum atomic E-state index is -0.859. The largest absolute Gasteiger partial charge is 0.480 e. The minimum Gasteiger partial charge on any atom is -0.480 e. The maximum Gasteiger partial charge on any atom is 0.329 e. The molecule has 0 bridgehead atoms. The molecule has 2 atom stereocenters. The van der Waals surface area contributed by atoms with Crippen LogP contribution in [0.4, 0.5) is 0 Å². The van der Waals surface area contributed by atoms with Crippen molar-refractivity contribution >= 4 is 54.8 Å². The second-order valence-corrected chi connectivity index (χ2v) is 8.71. The van der Waals surface area contributed by atoms with Crippen LogP contribution in [0, 0.1) is 0 Å². The van der Waals surface area contributed by atoms with Crippen LogP contribution < -0.4 is 0 Å². The molecule has 0 rings (SSSR count). The van der Waals surface area contributed by atoms with E-state index in [0.29, 0.717) is 0 Å². The van der Waals surface area contributed by atoms with Gasteiger partial charge in [-0.25, -0.2) is 4.79 Å². The Labute approximate surface area is 98.4 Å². The van der Waals surface area contributed by atoms with Gasteiger partial charge in [0.15, 0.2) is 4.08 Å². The van der Waals surface area contributed by atoms with E-state index in [1.165, 1.54) is 23.5 Å². The molecule has 0 aliphatic rings. The average Bonchev–Trinajstić information content (AvgIpc) is 1.82. The first-order chi connectivity index (χ1) is 5.78. The van der Waals surface area contributed by atoms with Gasteiger partial charge in [-0.3, -0.25) is 0 Å². The zero-order chi connectivity index (χ0) is 10.6. The van der Waals surface area contributed by atoms with Crippen LogP contribution >= 0.6 is 48.8 Å². The van der Waals surface area contributed by atoms with E-state index in [9.17, 15) is 4.79 Å². The maximum absolute atomic E-state index is 11.0. The van der Waals surface area contributed by atoms with Gasteiger partial charge in [0.2, 0.25) is 0 Å². The monoisotopic (exact) mass is 258 g/mol. The predicted octanol–water partition coefficient (Wildman–Crippen LogP) is 2.81. The second kappa shape index (κ2) is 5.68. The van der Waals surface area contributed by atoms with E-state index in [0.717, 1.165) is 0 Å². The van der Waals surface area contributed by atoms with E-state index in [1.807, 2.05) is 13.8 Å². The topological polar surface area (TPSA) is 37.3 Å². The summed E-state index contributed by atoms with van der Waals surface area (Å²) in [6.07, 6.45) is 0. The summed E-state index contributed by atoms with van der Waals surface area (Å²) in [4.78, 5) is 11.0. The maximum atomic E-state index is 11.0. The molecule has 78 valence electrons. The van der Waals surface area contributed by atoms with Crippen molar-refractivity contribution in [2.24, 2.45) is 0 Å². The molecule has 0 aliphatic heterocycles. The van der Waals surface area contributed by atoms with Gasteiger partial charge < -0.3 is 5.11 Å². The van der Waals surface area contributed by atoms with Crippen molar-refractivity contribution in [3.8, 4) is 0 Å². The van der Waals surface area contributed by atoms with Crippen LogP contribution in [-0.2, 0) is 4.79 Å². The predicted molar refractivity (Wildman–Crippen MR) is 68.1 cm³/mol. The Balaban J connectivity index is 4.43. The summed E-state index contributed by atoms with van der Waals surface area (Å²) >= 11 is 11.0. The standard InChI is InChI=1S/C7H14O2S4/c1-4(10)12-7(3,6(8)9)13-5(2)11/h4-5,10-11H,1-3H3,(H,8,9). The van der Waals surface area contributed by atoms with Crippen molar-refractivity contribution in [1.82, 2.24) is 0 Å². The fraction of sp³-hybridized carbons (Fsp3) is 0.857. The molecule has 0 aromatic carbocycles. The summed E-state index contributed by atoms with van der Waals surface area (Å²) in [5.41, 5.74) is 0. The Bertz CT molecular complexity index is 171. The molecule has 6 heteroatoms. The lowest BCUT2D eigenvalue weighted by molar-refractivity contribution is -0.136. The van der Waals surface area contributed by atoms with E-state index in [1.54, 1.807) is 6.92 Å². The molecular formula is C7H14O2S4. The highest BCUT2D eigenvalue weighted by Crippen LogP contribution is 2.43. The molecule has 0 aliphatic carbocycles. The first-order valence-electron chi connectivity index (χ1n) is 3.73. The fourth-order valence-electron chi connectivity index (χ4n) is 0.780. The van der Waals surface area contributed by atoms with Gasteiger partial charge in [-0.05, 0) is 20.8 Å². The highest BCUT2D eigenvalue weighted by Gasteiger charge is 2.36. The van der Waals surface area contributed by atoms with Crippen molar-refractivity contribution in [2.45, 2.75) is 34.0 Å². The van der Waals surface area contributed by atoms with E-state index in [2.05, 4.69) is 25.3 Å². The SMILES string of the molecule is CC(S)SC(C)(SC(C)S)C(=O)O. The Morgan fingerprint density at radius 3 is 1.77 bits per heavy atom. The van der Waals surface area contributed by atoms with Gasteiger partial charge in [0.1, 0.15) is 0 Å². The van der Waals surface area contributed by atoms with Crippen LogP contribution in [0.5, 0.6) is 0 Å². The Kier molecular flexibility index (Phi) is 6.06. The zero-order valence-electron chi connectivity index (χ0n) is 7.72. The summed E-state index contributed by atoms with van der Waals surface area (Å²) in [6.45, 7) is 5.40. The number of thioether (sulfide) groups is 2. The van der Waals surface area contributed by atoms with E-state index >= 15 is 0 Å². The molecule has 2 nitrogen and oxygen atoms in total. The van der Waals surface area contributed by atoms with Gasteiger partial charge in [0.05, 0.1) is 0 Å². The number of hydrogen-bond donors (Lipinski definition) is 3. The molecule has 0 heterocycles. The summed E-state index contributed by atoms with van der Waals surface area (Å²) < 4.78 is -0.858. The molecule has 0 aromatic heterocycles. The van der Waals surface area contributed by atoms with Gasteiger partial charge in [-0.1, -0.05) is 0 Å². The average molecular weight is 258 g/mol. The molecule has 0 amide bonds. The third-order valence-corrected chi connectivity index (χ3v) is 4.32. The van der Waals surface area contributed by atoms with Gasteiger partial charge >= 0.3 is 5.97 Å². The lowest BCUT2D eigenvalue weighted by atomic mass is 10.5. The van der Waals surface area contributed by atoms with Gasteiger partial charge in [-0.2, -0.15) is 25.3 Å². The van der Waals surface area contributed by atoms with Crippen molar-refractivity contribution in [2.75, 3.05) is 0 Å². The zero-order valence-corrected chi connectivity index (χ0v) is 11.1. The molecule has 0 aromatic rings. The number of carboxylic acid groups (broad SMARTS) is 1. The summed E-state index contributed by atoms with van der Waals surface area (Å²) in [6, 6.07) is 0. The lowest BCUT2D eigenvalue weighted by Gasteiger charge is -2.26. The molecule has 1 N–H and O–H groups in total. The van der Waals surface area contributed by atoms with E-state index in [4.69, 9.17) is 5.11 Å². The van der Waals surface area contributed by atoms with Crippen LogP contribution in [0.3, 0.4) is 0 Å². The number of carbonyl (C=O) groups is 1. The van der Waals surface area contributed by atoms with E-state index < -0.39 is 10.0 Å². The molecule has 0 saturated carbocycles. The summed E-state index contributed by atoms with van der Waals surface area (Å²) in [5.74, 6) is -0.829. The van der Waals surface area contributed by atoms with E-state index in [-0.39, 0.29) is 9.16 Å². The van der Waals surface area contributed by atoms with Gasteiger partial charge in [0, 0.05) is 9.16 Å². The Morgan fingerprint density at radius 1 is 1.31 bits per heavy atom. The molecular weight excluding hydrogens is 244 g/mol. The highest BCUT2D eigenvalue weighted by molar-refractivity contribution is 8.25. The molecule has 0 radical (unpaired) electrons. The highest BCUT2D eigenvalue weighted by atomic mass is 32.2. The lowest BCUT2D eigenvalue weighted by Crippen LogP contribution is -2.30. The quantitative estimate of drug-likeness (QED) is 0.524. The number of thiol groups is 2. The van der Waals surface area contributed by atoms with Crippen molar-refractivity contribution in [3.05, 3.63) is 0 Å². The smallest absolute Gasteiger partial charge is 0.329 e. The first kappa shape index (κ1) is 13.9. The van der Waals surface area contributed by atoms with Crippen molar-refractivity contribution in [1.29, 1.82) is 0 Å². The fourth-order valence-corrected chi connectivity index (χ4v) is 5.06. The van der Waals surface area contributed by atoms with Gasteiger partial charge in [0.25, 0.3) is 0 Å². The molecule has 2 unspecified atom stereocenters. The molecule has 13 heavy (non-hydrogen) atoms. The van der Waals surface area contributed by atoms with Crippen LogP contribution in [0.15, 0.2) is 0 Å². The number of rotatable bonds is 5. The third kappa shape index (κ3) is 5.34.